The van der Waals surface area contributed by atoms with Gasteiger partial charge in [0, 0.05) is 10.7 Å². The molecule has 4 nitrogen and oxygen atoms in total. The van der Waals surface area contributed by atoms with E-state index in [0.29, 0.717) is 11.5 Å². The monoisotopic (exact) mass is 330 g/mol. The molecule has 0 amide bonds. The number of aryl methyl sites for hydroxylation is 1. The standard InChI is InChI=1S/C15H19ClO4S/c1-10-3-7-13(8-4-10)20-15(17)12-6-5-11(2)14(9-12)21(16,18)19/h5-6,9-10,13H,3-4,7-8H2,1-2H3. The van der Waals surface area contributed by atoms with Crippen LogP contribution in [0.3, 0.4) is 0 Å². The predicted molar refractivity (Wildman–Crippen MR) is 81.1 cm³/mol. The number of benzene rings is 1. The molecule has 0 saturated heterocycles. The van der Waals surface area contributed by atoms with Gasteiger partial charge in [0.15, 0.2) is 0 Å². The molecule has 2 rings (SSSR count). The van der Waals surface area contributed by atoms with Gasteiger partial charge in [-0.2, -0.15) is 0 Å². The summed E-state index contributed by atoms with van der Waals surface area (Å²) >= 11 is 0. The molecule has 0 N–H and O–H groups in total. The maximum Gasteiger partial charge on any atom is 0.338 e. The average molecular weight is 331 g/mol. The van der Waals surface area contributed by atoms with Gasteiger partial charge in [-0.25, -0.2) is 13.2 Å². The molecule has 1 aliphatic carbocycles. The quantitative estimate of drug-likeness (QED) is 0.627. The first kappa shape index (κ1) is 16.3. The van der Waals surface area contributed by atoms with Gasteiger partial charge in [-0.1, -0.05) is 13.0 Å². The van der Waals surface area contributed by atoms with Crippen LogP contribution in [0.2, 0.25) is 0 Å². The molecule has 116 valence electrons. The van der Waals surface area contributed by atoms with Gasteiger partial charge in [0.05, 0.1) is 10.5 Å². The maximum atomic E-state index is 12.1. The van der Waals surface area contributed by atoms with Gasteiger partial charge in [0.2, 0.25) is 0 Å². The smallest absolute Gasteiger partial charge is 0.338 e. The fourth-order valence-corrected chi connectivity index (χ4v) is 3.78. The predicted octanol–water partition coefficient (Wildman–Crippen LogP) is 3.66. The molecule has 0 heterocycles. The topological polar surface area (TPSA) is 60.4 Å². The summed E-state index contributed by atoms with van der Waals surface area (Å²) < 4.78 is 28.4. The third-order valence-electron chi connectivity index (χ3n) is 3.92. The highest BCUT2D eigenvalue weighted by Crippen LogP contribution is 2.27. The van der Waals surface area contributed by atoms with Crippen LogP contribution in [0.25, 0.3) is 0 Å². The lowest BCUT2D eigenvalue weighted by Crippen LogP contribution is -2.23. The molecule has 1 aromatic rings. The fraction of sp³-hybridized carbons (Fsp3) is 0.533. The fourth-order valence-electron chi connectivity index (χ4n) is 2.56. The van der Waals surface area contributed by atoms with Gasteiger partial charge in [-0.15, -0.1) is 0 Å². The molecule has 0 bridgehead atoms. The molecule has 0 aromatic heterocycles. The molecule has 1 aromatic carbocycles. The van der Waals surface area contributed by atoms with Gasteiger partial charge < -0.3 is 4.74 Å². The van der Waals surface area contributed by atoms with Gasteiger partial charge in [0.25, 0.3) is 9.05 Å². The Balaban J connectivity index is 2.13. The summed E-state index contributed by atoms with van der Waals surface area (Å²) in [5.74, 6) is 0.184. The van der Waals surface area contributed by atoms with Crippen LogP contribution in [0.1, 0.15) is 48.5 Å². The first-order valence-corrected chi connectivity index (χ1v) is 9.34. The highest BCUT2D eigenvalue weighted by atomic mass is 35.7. The Morgan fingerprint density at radius 1 is 1.24 bits per heavy atom. The van der Waals surface area contributed by atoms with Crippen molar-refractivity contribution in [3.05, 3.63) is 29.3 Å². The Hall–Kier alpha value is -1.07. The summed E-state index contributed by atoms with van der Waals surface area (Å²) in [6, 6.07) is 4.41. The lowest BCUT2D eigenvalue weighted by molar-refractivity contribution is 0.0173. The van der Waals surface area contributed by atoms with Gasteiger partial charge in [-0.3, -0.25) is 0 Å². The highest BCUT2D eigenvalue weighted by molar-refractivity contribution is 8.13. The normalized spacial score (nSPS) is 22.8. The molecule has 1 saturated carbocycles. The Morgan fingerprint density at radius 2 is 1.86 bits per heavy atom. The van der Waals surface area contributed by atoms with Crippen LogP contribution >= 0.6 is 10.7 Å². The van der Waals surface area contributed by atoms with Gasteiger partial charge in [-0.05, 0) is 56.2 Å². The summed E-state index contributed by atoms with van der Waals surface area (Å²) in [5, 5.41) is 0. The van der Waals surface area contributed by atoms with E-state index < -0.39 is 15.0 Å². The first-order valence-electron chi connectivity index (χ1n) is 7.03. The van der Waals surface area contributed by atoms with Crippen molar-refractivity contribution < 1.29 is 17.9 Å². The second-order valence-electron chi connectivity index (χ2n) is 5.71. The minimum absolute atomic E-state index is 0.0455. The van der Waals surface area contributed by atoms with Crippen LogP contribution < -0.4 is 0 Å². The number of hydrogen-bond donors (Lipinski definition) is 0. The minimum Gasteiger partial charge on any atom is -0.459 e. The Kier molecular flexibility index (Phi) is 4.94. The van der Waals surface area contributed by atoms with E-state index in [4.69, 9.17) is 15.4 Å². The van der Waals surface area contributed by atoms with E-state index in [1.807, 2.05) is 0 Å². The third kappa shape index (κ3) is 4.20. The van der Waals surface area contributed by atoms with Crippen molar-refractivity contribution in [3.8, 4) is 0 Å². The van der Waals surface area contributed by atoms with Crippen molar-refractivity contribution in [1.29, 1.82) is 0 Å². The zero-order valence-electron chi connectivity index (χ0n) is 12.1. The molecule has 6 heteroatoms. The zero-order chi connectivity index (χ0) is 15.6. The summed E-state index contributed by atoms with van der Waals surface area (Å²) in [7, 11) is 1.50. The van der Waals surface area contributed by atoms with Crippen molar-refractivity contribution in [1.82, 2.24) is 0 Å². The maximum absolute atomic E-state index is 12.1. The molecule has 0 spiro atoms. The van der Waals surface area contributed by atoms with Crippen molar-refractivity contribution >= 4 is 25.7 Å². The van der Waals surface area contributed by atoms with Crippen LogP contribution in [0.15, 0.2) is 23.1 Å². The third-order valence-corrected chi connectivity index (χ3v) is 5.39. The van der Waals surface area contributed by atoms with Crippen LogP contribution in [0.5, 0.6) is 0 Å². The Morgan fingerprint density at radius 3 is 2.43 bits per heavy atom. The Labute approximate surface area is 129 Å². The van der Waals surface area contributed by atoms with Crippen molar-refractivity contribution in [2.75, 3.05) is 0 Å². The first-order chi connectivity index (χ1) is 9.77. The summed E-state index contributed by atoms with van der Waals surface area (Å²) in [4.78, 5) is 12.1. The minimum atomic E-state index is -3.87. The molecular formula is C15H19ClO4S. The lowest BCUT2D eigenvalue weighted by atomic mass is 9.89. The number of halogens is 1. The van der Waals surface area contributed by atoms with E-state index in [9.17, 15) is 13.2 Å². The highest BCUT2D eigenvalue weighted by Gasteiger charge is 2.23. The second kappa shape index (κ2) is 6.36. The molecule has 0 unspecified atom stereocenters. The number of hydrogen-bond acceptors (Lipinski definition) is 4. The SMILES string of the molecule is Cc1ccc(C(=O)OC2CCC(C)CC2)cc1S(=O)(=O)Cl. The molecule has 0 atom stereocenters. The molecule has 0 radical (unpaired) electrons. The van der Waals surface area contributed by atoms with Crippen molar-refractivity contribution in [3.63, 3.8) is 0 Å². The van der Waals surface area contributed by atoms with E-state index >= 15 is 0 Å². The molecule has 1 fully saturated rings. The Bertz CT molecular complexity index is 631. The summed E-state index contributed by atoms with van der Waals surface area (Å²) in [5.41, 5.74) is 0.728. The van der Waals surface area contributed by atoms with Crippen LogP contribution in [-0.2, 0) is 13.8 Å². The van der Waals surface area contributed by atoms with Crippen molar-refractivity contribution in [2.24, 2.45) is 5.92 Å². The average Bonchev–Trinajstić information content (AvgIpc) is 2.40. The number of carbonyl (C=O) groups is 1. The van der Waals surface area contributed by atoms with E-state index in [2.05, 4.69) is 6.92 Å². The number of rotatable bonds is 3. The molecule has 0 aliphatic heterocycles. The van der Waals surface area contributed by atoms with Gasteiger partial charge >= 0.3 is 5.97 Å². The summed E-state index contributed by atoms with van der Waals surface area (Å²) in [6.45, 7) is 3.82. The number of esters is 1. The van der Waals surface area contributed by atoms with Gasteiger partial charge in [0.1, 0.15) is 6.10 Å². The molecule has 21 heavy (non-hydrogen) atoms. The zero-order valence-corrected chi connectivity index (χ0v) is 13.7. The van der Waals surface area contributed by atoms with Crippen LogP contribution in [0, 0.1) is 12.8 Å². The van der Waals surface area contributed by atoms with Crippen LogP contribution in [0.4, 0.5) is 0 Å². The largest absolute Gasteiger partial charge is 0.459 e. The van der Waals surface area contributed by atoms with E-state index in [1.165, 1.54) is 6.07 Å². The van der Waals surface area contributed by atoms with Crippen molar-refractivity contribution in [2.45, 2.75) is 50.5 Å². The number of ether oxygens (including phenoxy) is 1. The van der Waals surface area contributed by atoms with E-state index in [-0.39, 0.29) is 16.6 Å². The second-order valence-corrected chi connectivity index (χ2v) is 8.24. The molecule has 1 aliphatic rings. The van der Waals surface area contributed by atoms with Crippen LogP contribution in [-0.4, -0.2) is 20.5 Å². The summed E-state index contributed by atoms with van der Waals surface area (Å²) in [6.07, 6.45) is 3.74. The lowest BCUT2D eigenvalue weighted by Gasteiger charge is -2.26. The van der Waals surface area contributed by atoms with E-state index in [0.717, 1.165) is 25.7 Å². The van der Waals surface area contributed by atoms with E-state index in [1.54, 1.807) is 19.1 Å². The number of carbonyl (C=O) groups excluding carboxylic acids is 1. The molecular weight excluding hydrogens is 312 g/mol.